The third kappa shape index (κ3) is 6.05. The van der Waals surface area contributed by atoms with E-state index in [2.05, 4.69) is 0 Å². The van der Waals surface area contributed by atoms with E-state index in [0.29, 0.717) is 12.1 Å². The highest BCUT2D eigenvalue weighted by atomic mass is 19.4. The molecule has 24 heavy (non-hydrogen) atoms. The van der Waals surface area contributed by atoms with Gasteiger partial charge in [-0.2, -0.15) is 18.4 Å². The molecule has 0 radical (unpaired) electrons. The predicted octanol–water partition coefficient (Wildman–Crippen LogP) is 3.06. The molecule has 130 valence electrons. The molecule has 0 spiro atoms. The van der Waals surface area contributed by atoms with Crippen molar-refractivity contribution in [3.05, 3.63) is 47.5 Å². The van der Waals surface area contributed by atoms with Crippen molar-refractivity contribution < 1.29 is 18.0 Å². The summed E-state index contributed by atoms with van der Waals surface area (Å²) in [5.41, 5.74) is -0.457. The third-order valence-corrected chi connectivity index (χ3v) is 3.28. The summed E-state index contributed by atoms with van der Waals surface area (Å²) in [4.78, 5) is 15.4. The van der Waals surface area contributed by atoms with Crippen LogP contribution in [0.25, 0.3) is 0 Å². The van der Waals surface area contributed by atoms with Gasteiger partial charge in [0.1, 0.15) is 6.04 Å². The molecular weight excluding hydrogens is 319 g/mol. The number of likely N-dealkylation sites (N-methyl/N-ethyl adjacent to an activating group) is 1. The summed E-state index contributed by atoms with van der Waals surface area (Å²) in [6.07, 6.45) is -1.47. The van der Waals surface area contributed by atoms with Crippen LogP contribution in [0.3, 0.4) is 0 Å². The number of hydrogen-bond acceptors (Lipinski definition) is 3. The van der Waals surface area contributed by atoms with E-state index in [0.717, 1.165) is 12.1 Å². The first-order valence-corrected chi connectivity index (χ1v) is 7.32. The summed E-state index contributed by atoms with van der Waals surface area (Å²) in [7, 11) is 3.68. The van der Waals surface area contributed by atoms with Crippen molar-refractivity contribution in [1.29, 1.82) is 5.26 Å². The Hall–Kier alpha value is -2.33. The highest BCUT2D eigenvalue weighted by molar-refractivity contribution is 5.88. The van der Waals surface area contributed by atoms with Gasteiger partial charge in [0, 0.05) is 19.2 Å². The van der Waals surface area contributed by atoms with E-state index in [9.17, 15) is 18.0 Å². The van der Waals surface area contributed by atoms with Crippen molar-refractivity contribution in [2.75, 3.05) is 20.6 Å². The number of benzene rings is 1. The van der Waals surface area contributed by atoms with Crippen LogP contribution < -0.4 is 0 Å². The lowest BCUT2D eigenvalue weighted by molar-refractivity contribution is -0.137. The predicted molar refractivity (Wildman–Crippen MR) is 84.8 cm³/mol. The lowest BCUT2D eigenvalue weighted by Crippen LogP contribution is -2.36. The van der Waals surface area contributed by atoms with E-state index >= 15 is 0 Å². The maximum Gasteiger partial charge on any atom is 0.416 e. The minimum absolute atomic E-state index is 0.0657. The van der Waals surface area contributed by atoms with Crippen molar-refractivity contribution in [3.63, 3.8) is 0 Å². The monoisotopic (exact) mass is 339 g/mol. The standard InChI is InChI=1S/C17H20F3N3O/c1-13(11-21)23(16(24)8-5-9-22(2)3)12-14-6-4-7-15(10-14)17(18,19)20/h4-8,10,13H,9,12H2,1-3H3/b8-5+. The number of halogens is 3. The molecule has 1 amide bonds. The van der Waals surface area contributed by atoms with Crippen LogP contribution in [0.5, 0.6) is 0 Å². The maximum atomic E-state index is 12.8. The molecule has 1 unspecified atom stereocenters. The zero-order valence-corrected chi connectivity index (χ0v) is 13.8. The number of alkyl halides is 3. The van der Waals surface area contributed by atoms with Gasteiger partial charge in [0.2, 0.25) is 5.91 Å². The minimum Gasteiger partial charge on any atom is -0.319 e. The normalized spacial score (nSPS) is 13.1. The van der Waals surface area contributed by atoms with Crippen LogP contribution in [-0.4, -0.2) is 42.4 Å². The molecule has 1 atom stereocenters. The minimum atomic E-state index is -4.45. The Kier molecular flexibility index (Phi) is 6.98. The fourth-order valence-electron chi connectivity index (χ4n) is 1.98. The lowest BCUT2D eigenvalue weighted by Gasteiger charge is -2.24. The molecule has 0 heterocycles. The van der Waals surface area contributed by atoms with Crippen molar-refractivity contribution >= 4 is 5.91 Å². The van der Waals surface area contributed by atoms with Gasteiger partial charge in [0.15, 0.2) is 0 Å². The third-order valence-electron chi connectivity index (χ3n) is 3.28. The SMILES string of the molecule is CC(C#N)N(Cc1cccc(C(F)(F)F)c1)C(=O)/C=C/CN(C)C. The first-order valence-electron chi connectivity index (χ1n) is 7.32. The smallest absolute Gasteiger partial charge is 0.319 e. The van der Waals surface area contributed by atoms with E-state index in [-0.39, 0.29) is 6.54 Å². The molecule has 0 bridgehead atoms. The average molecular weight is 339 g/mol. The van der Waals surface area contributed by atoms with E-state index in [1.165, 1.54) is 30.0 Å². The fraction of sp³-hybridized carbons (Fsp3) is 0.412. The van der Waals surface area contributed by atoms with E-state index < -0.39 is 23.7 Å². The highest BCUT2D eigenvalue weighted by Gasteiger charge is 2.30. The van der Waals surface area contributed by atoms with Crippen LogP contribution in [0.15, 0.2) is 36.4 Å². The first kappa shape index (κ1) is 19.7. The Morgan fingerprint density at radius 2 is 2.04 bits per heavy atom. The number of carbonyl (C=O) groups excluding carboxylic acids is 1. The number of amides is 1. The van der Waals surface area contributed by atoms with Gasteiger partial charge in [-0.15, -0.1) is 0 Å². The van der Waals surface area contributed by atoms with Gasteiger partial charge in [-0.25, -0.2) is 0 Å². The largest absolute Gasteiger partial charge is 0.416 e. The quantitative estimate of drug-likeness (QED) is 0.749. The zero-order valence-electron chi connectivity index (χ0n) is 13.8. The van der Waals surface area contributed by atoms with Gasteiger partial charge in [-0.05, 0) is 38.7 Å². The molecule has 1 aromatic carbocycles. The highest BCUT2D eigenvalue weighted by Crippen LogP contribution is 2.29. The molecule has 0 aliphatic carbocycles. The molecule has 0 saturated carbocycles. The zero-order chi connectivity index (χ0) is 18.3. The van der Waals surface area contributed by atoms with Gasteiger partial charge in [-0.1, -0.05) is 18.2 Å². The number of nitrogens with zero attached hydrogens (tertiary/aromatic N) is 3. The van der Waals surface area contributed by atoms with Gasteiger partial charge in [-0.3, -0.25) is 4.79 Å². The second-order valence-electron chi connectivity index (χ2n) is 5.63. The molecular formula is C17H20F3N3O. The average Bonchev–Trinajstić information content (AvgIpc) is 2.50. The van der Waals surface area contributed by atoms with Crippen LogP contribution >= 0.6 is 0 Å². The molecule has 7 heteroatoms. The Morgan fingerprint density at radius 1 is 1.38 bits per heavy atom. The molecule has 0 aromatic heterocycles. The van der Waals surface area contributed by atoms with Crippen molar-refractivity contribution in [2.24, 2.45) is 0 Å². The summed E-state index contributed by atoms with van der Waals surface area (Å²) in [5.74, 6) is -0.414. The summed E-state index contributed by atoms with van der Waals surface area (Å²) in [5, 5.41) is 9.07. The Balaban J connectivity index is 2.97. The number of nitriles is 1. The summed E-state index contributed by atoms with van der Waals surface area (Å²) in [6.45, 7) is 2.01. The second-order valence-corrected chi connectivity index (χ2v) is 5.63. The molecule has 0 aliphatic heterocycles. The van der Waals surface area contributed by atoms with Gasteiger partial charge >= 0.3 is 6.18 Å². The maximum absolute atomic E-state index is 12.8. The van der Waals surface area contributed by atoms with Gasteiger partial charge < -0.3 is 9.80 Å². The number of carbonyl (C=O) groups is 1. The molecule has 4 nitrogen and oxygen atoms in total. The van der Waals surface area contributed by atoms with Crippen LogP contribution in [0, 0.1) is 11.3 Å². The first-order chi connectivity index (χ1) is 11.1. The number of rotatable bonds is 6. The van der Waals surface area contributed by atoms with E-state index in [4.69, 9.17) is 5.26 Å². The molecule has 0 saturated heterocycles. The molecule has 1 rings (SSSR count). The van der Waals surface area contributed by atoms with Crippen LogP contribution in [-0.2, 0) is 17.5 Å². The topological polar surface area (TPSA) is 47.3 Å². The van der Waals surface area contributed by atoms with Crippen LogP contribution in [0.4, 0.5) is 13.2 Å². The Labute approximate surface area is 139 Å². The Morgan fingerprint density at radius 3 is 2.58 bits per heavy atom. The fourth-order valence-corrected chi connectivity index (χ4v) is 1.98. The van der Waals surface area contributed by atoms with Crippen LogP contribution in [0.1, 0.15) is 18.1 Å². The van der Waals surface area contributed by atoms with Gasteiger partial charge in [0.25, 0.3) is 0 Å². The molecule has 0 aliphatic rings. The Bertz CT molecular complexity index is 633. The summed E-state index contributed by atoms with van der Waals surface area (Å²) in [6, 6.07) is 5.96. The number of hydrogen-bond donors (Lipinski definition) is 0. The molecule has 0 fully saturated rings. The van der Waals surface area contributed by atoms with Crippen molar-refractivity contribution in [3.8, 4) is 6.07 Å². The van der Waals surface area contributed by atoms with Crippen molar-refractivity contribution in [1.82, 2.24) is 9.80 Å². The van der Waals surface area contributed by atoms with Crippen molar-refractivity contribution in [2.45, 2.75) is 25.7 Å². The summed E-state index contributed by atoms with van der Waals surface area (Å²) < 4.78 is 38.3. The van der Waals surface area contributed by atoms with E-state index in [1.54, 1.807) is 6.08 Å². The lowest BCUT2D eigenvalue weighted by atomic mass is 10.1. The van der Waals surface area contributed by atoms with Crippen LogP contribution in [0.2, 0.25) is 0 Å². The second kappa shape index (κ2) is 8.50. The van der Waals surface area contributed by atoms with Gasteiger partial charge in [0.05, 0.1) is 11.6 Å². The molecule has 0 N–H and O–H groups in total. The molecule has 1 aromatic rings. The van der Waals surface area contributed by atoms with E-state index in [1.807, 2.05) is 25.1 Å². The summed E-state index contributed by atoms with van der Waals surface area (Å²) >= 11 is 0.